The van der Waals surface area contributed by atoms with Gasteiger partial charge in [-0.15, -0.1) is 0 Å². The molecule has 0 radical (unpaired) electrons. The summed E-state index contributed by atoms with van der Waals surface area (Å²) in [7, 11) is 0. The molecule has 0 saturated heterocycles. The van der Waals surface area contributed by atoms with E-state index in [1.165, 1.54) is 18.2 Å². The van der Waals surface area contributed by atoms with Gasteiger partial charge in [0, 0.05) is 17.4 Å². The van der Waals surface area contributed by atoms with Crippen molar-refractivity contribution >= 4 is 33.4 Å². The van der Waals surface area contributed by atoms with Crippen molar-refractivity contribution in [1.29, 1.82) is 0 Å². The summed E-state index contributed by atoms with van der Waals surface area (Å²) in [6.45, 7) is 4.79. The molecular formula is C14H18BrClFNO. The number of alkyl halides is 1. The Hall–Kier alpha value is -0.610. The number of hydrogen-bond donors (Lipinski definition) is 1. The number of carbonyl (C=O) groups excluding carboxylic acids is 1. The average Bonchev–Trinajstić information content (AvgIpc) is 2.37. The Morgan fingerprint density at radius 1 is 1.47 bits per heavy atom. The van der Waals surface area contributed by atoms with E-state index in [2.05, 4.69) is 35.1 Å². The predicted molar refractivity (Wildman–Crippen MR) is 80.6 cm³/mol. The third kappa shape index (κ3) is 5.49. The summed E-state index contributed by atoms with van der Waals surface area (Å²) in [6, 6.07) is 3.98. The van der Waals surface area contributed by atoms with E-state index in [1.807, 2.05) is 0 Å². The molecule has 0 spiro atoms. The number of amides is 1. The molecule has 5 heteroatoms. The minimum atomic E-state index is -0.518. The maximum absolute atomic E-state index is 13.0. The van der Waals surface area contributed by atoms with Crippen LogP contribution in [0.4, 0.5) is 4.39 Å². The molecule has 2 nitrogen and oxygen atoms in total. The molecule has 1 amide bonds. The minimum absolute atomic E-state index is 0.0350. The highest BCUT2D eigenvalue weighted by Gasteiger charge is 2.19. The Morgan fingerprint density at radius 3 is 2.74 bits per heavy atom. The van der Waals surface area contributed by atoms with E-state index < -0.39 is 5.82 Å². The van der Waals surface area contributed by atoms with Crippen molar-refractivity contribution in [2.45, 2.75) is 26.7 Å². The van der Waals surface area contributed by atoms with Gasteiger partial charge in [0.2, 0.25) is 0 Å². The second kappa shape index (κ2) is 7.25. The minimum Gasteiger partial charge on any atom is -0.352 e. The fourth-order valence-corrected chi connectivity index (χ4v) is 2.15. The molecule has 19 heavy (non-hydrogen) atoms. The first-order valence-electron chi connectivity index (χ1n) is 6.15. The van der Waals surface area contributed by atoms with Crippen molar-refractivity contribution in [2.24, 2.45) is 5.41 Å². The molecule has 0 fully saturated rings. The van der Waals surface area contributed by atoms with E-state index in [-0.39, 0.29) is 16.3 Å². The molecule has 0 aliphatic rings. The van der Waals surface area contributed by atoms with Gasteiger partial charge >= 0.3 is 0 Å². The van der Waals surface area contributed by atoms with Crippen LogP contribution in [0, 0.1) is 11.2 Å². The van der Waals surface area contributed by atoms with Crippen LogP contribution in [0.5, 0.6) is 0 Å². The van der Waals surface area contributed by atoms with Crippen LogP contribution in [-0.4, -0.2) is 17.8 Å². The van der Waals surface area contributed by atoms with Gasteiger partial charge in [-0.05, 0) is 36.5 Å². The van der Waals surface area contributed by atoms with Crippen molar-refractivity contribution in [1.82, 2.24) is 5.32 Å². The molecule has 1 N–H and O–H groups in total. The number of benzene rings is 1. The molecular weight excluding hydrogens is 333 g/mol. The Balaban J connectivity index is 2.57. The zero-order valence-electron chi connectivity index (χ0n) is 11.1. The van der Waals surface area contributed by atoms with Crippen LogP contribution in [0.3, 0.4) is 0 Å². The highest BCUT2D eigenvalue weighted by atomic mass is 79.9. The molecule has 0 unspecified atom stereocenters. The lowest BCUT2D eigenvalue weighted by Gasteiger charge is -2.24. The summed E-state index contributed by atoms with van der Waals surface area (Å²) in [6.07, 6.45) is 2.08. The quantitative estimate of drug-likeness (QED) is 0.757. The molecule has 0 aliphatic heterocycles. The standard InChI is InChI=1S/C14H18BrClFNO/c1-14(2,6-3-7-15)9-18-13(19)10-4-5-12(17)11(16)8-10/h4-5,8H,3,6-7,9H2,1-2H3,(H,18,19). The summed E-state index contributed by atoms with van der Waals surface area (Å²) in [4.78, 5) is 11.9. The maximum atomic E-state index is 13.0. The topological polar surface area (TPSA) is 29.1 Å². The fraction of sp³-hybridized carbons (Fsp3) is 0.500. The molecule has 0 aromatic heterocycles. The Morgan fingerprint density at radius 2 is 2.16 bits per heavy atom. The van der Waals surface area contributed by atoms with Gasteiger partial charge in [0.25, 0.3) is 5.91 Å². The van der Waals surface area contributed by atoms with Crippen molar-refractivity contribution in [3.8, 4) is 0 Å². The molecule has 1 aromatic carbocycles. The zero-order chi connectivity index (χ0) is 14.5. The average molecular weight is 351 g/mol. The largest absolute Gasteiger partial charge is 0.352 e. The van der Waals surface area contributed by atoms with Gasteiger partial charge in [-0.25, -0.2) is 4.39 Å². The zero-order valence-corrected chi connectivity index (χ0v) is 13.4. The number of rotatable bonds is 6. The van der Waals surface area contributed by atoms with Gasteiger partial charge in [-0.3, -0.25) is 4.79 Å². The lowest BCUT2D eigenvalue weighted by molar-refractivity contribution is 0.0934. The van der Waals surface area contributed by atoms with Crippen molar-refractivity contribution in [2.75, 3.05) is 11.9 Å². The summed E-state index contributed by atoms with van der Waals surface area (Å²) >= 11 is 9.05. The van der Waals surface area contributed by atoms with E-state index in [0.29, 0.717) is 12.1 Å². The van der Waals surface area contributed by atoms with Crippen LogP contribution in [-0.2, 0) is 0 Å². The monoisotopic (exact) mass is 349 g/mol. The Bertz CT molecular complexity index is 451. The summed E-state index contributed by atoms with van der Waals surface area (Å²) in [5.74, 6) is -0.746. The van der Waals surface area contributed by atoms with E-state index in [4.69, 9.17) is 11.6 Å². The van der Waals surface area contributed by atoms with E-state index >= 15 is 0 Å². The second-order valence-electron chi connectivity index (χ2n) is 5.27. The molecule has 1 rings (SSSR count). The molecule has 0 saturated carbocycles. The van der Waals surface area contributed by atoms with E-state index in [0.717, 1.165) is 18.2 Å². The summed E-state index contributed by atoms with van der Waals surface area (Å²) < 4.78 is 13.0. The maximum Gasteiger partial charge on any atom is 0.251 e. The highest BCUT2D eigenvalue weighted by Crippen LogP contribution is 2.22. The molecule has 0 bridgehead atoms. The third-order valence-electron chi connectivity index (χ3n) is 2.90. The van der Waals surface area contributed by atoms with Crippen LogP contribution >= 0.6 is 27.5 Å². The van der Waals surface area contributed by atoms with Crippen LogP contribution in [0.25, 0.3) is 0 Å². The second-order valence-corrected chi connectivity index (χ2v) is 6.47. The van der Waals surface area contributed by atoms with E-state index in [1.54, 1.807) is 0 Å². The number of hydrogen-bond acceptors (Lipinski definition) is 1. The predicted octanol–water partition coefficient (Wildman–Crippen LogP) is 4.41. The number of halogens is 3. The van der Waals surface area contributed by atoms with Crippen LogP contribution in [0.15, 0.2) is 18.2 Å². The Labute approximate surface area is 126 Å². The first-order chi connectivity index (χ1) is 8.85. The molecule has 0 aliphatic carbocycles. The lowest BCUT2D eigenvalue weighted by Crippen LogP contribution is -2.34. The molecule has 1 aromatic rings. The molecule has 0 atom stereocenters. The summed E-state index contributed by atoms with van der Waals surface area (Å²) in [5.41, 5.74) is 0.412. The number of nitrogens with one attached hydrogen (secondary N) is 1. The third-order valence-corrected chi connectivity index (χ3v) is 3.75. The van der Waals surface area contributed by atoms with Crippen molar-refractivity contribution < 1.29 is 9.18 Å². The van der Waals surface area contributed by atoms with Gasteiger partial charge in [-0.1, -0.05) is 41.4 Å². The van der Waals surface area contributed by atoms with Crippen molar-refractivity contribution in [3.05, 3.63) is 34.6 Å². The van der Waals surface area contributed by atoms with Gasteiger partial charge in [0.15, 0.2) is 0 Å². The van der Waals surface area contributed by atoms with Crippen molar-refractivity contribution in [3.63, 3.8) is 0 Å². The highest BCUT2D eigenvalue weighted by molar-refractivity contribution is 9.09. The normalized spacial score (nSPS) is 11.4. The van der Waals surface area contributed by atoms with Gasteiger partial charge in [0.05, 0.1) is 5.02 Å². The van der Waals surface area contributed by atoms with Gasteiger partial charge in [-0.2, -0.15) is 0 Å². The van der Waals surface area contributed by atoms with Crippen LogP contribution in [0.2, 0.25) is 5.02 Å². The molecule has 106 valence electrons. The Kier molecular flexibility index (Phi) is 6.27. The van der Waals surface area contributed by atoms with Gasteiger partial charge < -0.3 is 5.32 Å². The molecule has 0 heterocycles. The van der Waals surface area contributed by atoms with E-state index in [9.17, 15) is 9.18 Å². The number of carbonyl (C=O) groups is 1. The summed E-state index contributed by atoms with van der Waals surface area (Å²) in [5, 5.41) is 3.78. The fourth-order valence-electron chi connectivity index (χ4n) is 1.69. The first kappa shape index (κ1) is 16.4. The van der Waals surface area contributed by atoms with Crippen LogP contribution < -0.4 is 5.32 Å². The smallest absolute Gasteiger partial charge is 0.251 e. The first-order valence-corrected chi connectivity index (χ1v) is 7.65. The lowest BCUT2D eigenvalue weighted by atomic mass is 9.88. The van der Waals surface area contributed by atoms with Crippen LogP contribution in [0.1, 0.15) is 37.0 Å². The van der Waals surface area contributed by atoms with Gasteiger partial charge in [0.1, 0.15) is 5.82 Å². The SMILES string of the molecule is CC(C)(CCCBr)CNC(=O)c1ccc(F)c(Cl)c1.